The lowest BCUT2D eigenvalue weighted by molar-refractivity contribution is -0.151. The van der Waals surface area contributed by atoms with Crippen molar-refractivity contribution in [1.29, 1.82) is 0 Å². The third-order valence-electron chi connectivity index (χ3n) is 4.05. The maximum Gasteiger partial charge on any atom is 0.336 e. The molecule has 22 heavy (non-hydrogen) atoms. The molecule has 0 radical (unpaired) electrons. The van der Waals surface area contributed by atoms with Crippen LogP contribution >= 0.6 is 0 Å². The summed E-state index contributed by atoms with van der Waals surface area (Å²) in [6, 6.07) is 8.13. The first-order valence-corrected chi connectivity index (χ1v) is 7.02. The molecule has 3 aliphatic rings. The van der Waals surface area contributed by atoms with Crippen LogP contribution in [0, 0.1) is 5.92 Å². The molecule has 1 aromatic carbocycles. The van der Waals surface area contributed by atoms with E-state index in [2.05, 4.69) is 17.4 Å². The molecule has 3 atom stereocenters. The Morgan fingerprint density at radius 1 is 1.18 bits per heavy atom. The van der Waals surface area contributed by atoms with Gasteiger partial charge in [-0.05, 0) is 30.5 Å². The number of fused-ring (bicyclic) bond motifs is 3. The lowest BCUT2D eigenvalue weighted by Crippen LogP contribution is -2.05. The van der Waals surface area contributed by atoms with Crippen molar-refractivity contribution in [2.45, 2.75) is 25.7 Å². The van der Waals surface area contributed by atoms with Gasteiger partial charge in [-0.15, -0.1) is 0 Å². The van der Waals surface area contributed by atoms with Crippen LogP contribution in [-0.2, 0) is 25.5 Å². The lowest BCUT2D eigenvalue weighted by Gasteiger charge is -2.07. The molecule has 2 aliphatic heterocycles. The lowest BCUT2D eigenvalue weighted by atomic mass is 9.98. The smallest absolute Gasteiger partial charge is 0.336 e. The average Bonchev–Trinajstić information content (AvgIpc) is 3.07. The van der Waals surface area contributed by atoms with Gasteiger partial charge in [0, 0.05) is 17.1 Å². The minimum atomic E-state index is -1.01. The first-order chi connectivity index (χ1) is 10.5. The fourth-order valence-corrected chi connectivity index (χ4v) is 2.87. The summed E-state index contributed by atoms with van der Waals surface area (Å²) in [5.41, 5.74) is 3.55. The third kappa shape index (κ3) is 2.44. The zero-order valence-electron chi connectivity index (χ0n) is 12.1. The van der Waals surface area contributed by atoms with Crippen molar-refractivity contribution in [2.24, 2.45) is 5.92 Å². The Morgan fingerprint density at radius 2 is 1.91 bits per heavy atom. The molecule has 0 saturated carbocycles. The Bertz CT molecular complexity index is 688. The van der Waals surface area contributed by atoms with Crippen molar-refractivity contribution < 1.29 is 24.2 Å². The molecule has 114 valence electrons. The first-order valence-electron chi connectivity index (χ1n) is 7.02. The van der Waals surface area contributed by atoms with E-state index in [9.17, 15) is 9.59 Å². The second kappa shape index (κ2) is 5.42. The Balaban J connectivity index is 0.000000154. The predicted molar refractivity (Wildman–Crippen MR) is 77.5 cm³/mol. The van der Waals surface area contributed by atoms with E-state index in [0.29, 0.717) is 11.1 Å². The van der Waals surface area contributed by atoms with Crippen LogP contribution in [0.3, 0.4) is 0 Å². The molecule has 1 aromatic rings. The van der Waals surface area contributed by atoms with Gasteiger partial charge in [0.05, 0.1) is 0 Å². The van der Waals surface area contributed by atoms with Gasteiger partial charge in [-0.3, -0.25) is 0 Å². The van der Waals surface area contributed by atoms with Gasteiger partial charge in [0.2, 0.25) is 6.29 Å². The molecule has 3 unspecified atom stereocenters. The highest BCUT2D eigenvalue weighted by atomic mass is 16.6. The highest BCUT2D eigenvalue weighted by Gasteiger charge is 2.44. The number of hydrogen-bond donors (Lipinski definition) is 1. The van der Waals surface area contributed by atoms with Gasteiger partial charge < -0.3 is 14.6 Å². The highest BCUT2D eigenvalue weighted by molar-refractivity contribution is 5.91. The summed E-state index contributed by atoms with van der Waals surface area (Å²) in [6.07, 6.45) is 1.18. The Hall–Kier alpha value is -2.40. The molecule has 0 amide bonds. The average molecular weight is 300 g/mol. The first kappa shape index (κ1) is 14.5. The standard InChI is InChI=1S/C12H10O2.C5H6O3/c1-7-10-6-8-4-2-3-5-9(8)11(10)14-12(7)13;1-3-2-4(6)8-5(3)7/h2-5,10-11H,1,6H2;2,4,6H,1H3. The summed E-state index contributed by atoms with van der Waals surface area (Å²) in [5, 5.41) is 8.55. The summed E-state index contributed by atoms with van der Waals surface area (Å²) in [5.74, 6) is -0.480. The topological polar surface area (TPSA) is 72.8 Å². The molecule has 0 spiro atoms. The molecular weight excluding hydrogens is 284 g/mol. The zero-order valence-corrected chi connectivity index (χ0v) is 12.1. The van der Waals surface area contributed by atoms with Crippen molar-refractivity contribution in [1.82, 2.24) is 0 Å². The van der Waals surface area contributed by atoms with E-state index in [1.165, 1.54) is 11.6 Å². The number of cyclic esters (lactones) is 1. The van der Waals surface area contributed by atoms with E-state index >= 15 is 0 Å². The maximum absolute atomic E-state index is 11.3. The number of esters is 2. The molecule has 1 saturated heterocycles. The van der Waals surface area contributed by atoms with Crippen molar-refractivity contribution in [3.8, 4) is 0 Å². The number of carbonyl (C=O) groups is 2. The predicted octanol–water partition coefficient (Wildman–Crippen LogP) is 1.82. The van der Waals surface area contributed by atoms with Crippen molar-refractivity contribution in [3.05, 3.63) is 59.2 Å². The SMILES string of the molecule is C=C1C(=O)OC2c3ccccc3CC12.CC1=CC(O)OC1=O. The van der Waals surface area contributed by atoms with Crippen LogP contribution in [0.1, 0.15) is 24.2 Å². The summed E-state index contributed by atoms with van der Waals surface area (Å²) in [7, 11) is 0. The molecule has 4 rings (SSSR count). The maximum atomic E-state index is 11.3. The quantitative estimate of drug-likeness (QED) is 0.584. The van der Waals surface area contributed by atoms with Gasteiger partial charge in [-0.2, -0.15) is 0 Å². The summed E-state index contributed by atoms with van der Waals surface area (Å²) >= 11 is 0. The van der Waals surface area contributed by atoms with Gasteiger partial charge in [0.15, 0.2) is 0 Å². The zero-order chi connectivity index (χ0) is 15.9. The second-order valence-corrected chi connectivity index (χ2v) is 5.51. The van der Waals surface area contributed by atoms with Crippen LogP contribution in [0.4, 0.5) is 0 Å². The second-order valence-electron chi connectivity index (χ2n) is 5.51. The van der Waals surface area contributed by atoms with Gasteiger partial charge >= 0.3 is 11.9 Å². The number of rotatable bonds is 0. The molecular formula is C17H16O5. The van der Waals surface area contributed by atoms with Crippen LogP contribution in [-0.4, -0.2) is 23.3 Å². The Labute approximate surface area is 127 Å². The number of aliphatic hydroxyl groups is 1. The molecule has 5 nitrogen and oxygen atoms in total. The minimum absolute atomic E-state index is 0.0637. The van der Waals surface area contributed by atoms with E-state index in [4.69, 9.17) is 9.84 Å². The normalized spacial score (nSPS) is 28.2. The fourth-order valence-electron chi connectivity index (χ4n) is 2.87. The van der Waals surface area contributed by atoms with Crippen LogP contribution in [0.2, 0.25) is 0 Å². The van der Waals surface area contributed by atoms with Crippen LogP contribution in [0.15, 0.2) is 48.1 Å². The number of ether oxygens (including phenoxy) is 2. The molecule has 5 heteroatoms. The summed E-state index contributed by atoms with van der Waals surface area (Å²) < 4.78 is 9.58. The van der Waals surface area contributed by atoms with E-state index in [1.807, 2.05) is 18.2 Å². The summed E-state index contributed by atoms with van der Waals surface area (Å²) in [4.78, 5) is 21.6. The van der Waals surface area contributed by atoms with Crippen LogP contribution < -0.4 is 0 Å². The third-order valence-corrected chi connectivity index (χ3v) is 4.05. The molecule has 1 fully saturated rings. The van der Waals surface area contributed by atoms with E-state index in [-0.39, 0.29) is 18.0 Å². The molecule has 0 aromatic heterocycles. The Kier molecular flexibility index (Phi) is 3.58. The van der Waals surface area contributed by atoms with Gasteiger partial charge in [0.25, 0.3) is 0 Å². The number of benzene rings is 1. The molecule has 1 N–H and O–H groups in total. The Morgan fingerprint density at radius 3 is 2.50 bits per heavy atom. The molecule has 2 heterocycles. The van der Waals surface area contributed by atoms with Gasteiger partial charge in [0.1, 0.15) is 6.10 Å². The van der Waals surface area contributed by atoms with Gasteiger partial charge in [-0.25, -0.2) is 9.59 Å². The van der Waals surface area contributed by atoms with Crippen molar-refractivity contribution in [3.63, 3.8) is 0 Å². The molecule has 1 aliphatic carbocycles. The van der Waals surface area contributed by atoms with Crippen molar-refractivity contribution in [2.75, 3.05) is 0 Å². The fraction of sp³-hybridized carbons (Fsp3) is 0.294. The van der Waals surface area contributed by atoms with Gasteiger partial charge in [-0.1, -0.05) is 30.8 Å². The largest absolute Gasteiger partial charge is 0.453 e. The number of carbonyl (C=O) groups excluding carboxylic acids is 2. The van der Waals surface area contributed by atoms with Crippen molar-refractivity contribution >= 4 is 11.9 Å². The number of hydrogen-bond acceptors (Lipinski definition) is 5. The summed E-state index contributed by atoms with van der Waals surface area (Å²) in [6.45, 7) is 5.38. The monoisotopic (exact) mass is 300 g/mol. The molecule has 0 bridgehead atoms. The minimum Gasteiger partial charge on any atom is -0.453 e. The van der Waals surface area contributed by atoms with Crippen LogP contribution in [0.25, 0.3) is 0 Å². The van der Waals surface area contributed by atoms with E-state index in [1.54, 1.807) is 6.92 Å². The number of aliphatic hydroxyl groups excluding tert-OH is 1. The van der Waals surface area contributed by atoms with E-state index in [0.717, 1.165) is 12.0 Å². The van der Waals surface area contributed by atoms with Crippen LogP contribution in [0.5, 0.6) is 0 Å². The van der Waals surface area contributed by atoms with E-state index < -0.39 is 12.3 Å². The highest BCUT2D eigenvalue weighted by Crippen LogP contribution is 2.46.